The lowest BCUT2D eigenvalue weighted by molar-refractivity contribution is 0.0465. The molecule has 0 saturated heterocycles. The molecule has 2 atom stereocenters. The van der Waals surface area contributed by atoms with E-state index in [0.29, 0.717) is 16.5 Å². The largest absolute Gasteiger partial charge is 0.455 e. The first-order valence-corrected chi connectivity index (χ1v) is 11.3. The molecule has 1 fully saturated rings. The molecule has 0 unspecified atom stereocenters. The van der Waals surface area contributed by atoms with Gasteiger partial charge in [-0.3, -0.25) is 0 Å². The quantitative estimate of drug-likeness (QED) is 0.411. The van der Waals surface area contributed by atoms with Gasteiger partial charge in [0.25, 0.3) is 0 Å². The molecule has 1 heterocycles. The number of rotatable bonds is 4. The summed E-state index contributed by atoms with van der Waals surface area (Å²) in [6.45, 7) is 7.17. The minimum Gasteiger partial charge on any atom is -0.455 e. The van der Waals surface area contributed by atoms with Gasteiger partial charge >= 0.3 is 5.97 Å². The number of fused-ring (bicyclic) bond motifs is 5. The topological polar surface area (TPSA) is 44.1 Å². The normalized spacial score (nSPS) is 23.1. The first-order valence-electron chi connectivity index (χ1n) is 10.5. The summed E-state index contributed by atoms with van der Waals surface area (Å²) in [7, 11) is 0. The van der Waals surface area contributed by atoms with Gasteiger partial charge in [0.15, 0.2) is 0 Å². The summed E-state index contributed by atoms with van der Waals surface area (Å²) in [6.07, 6.45) is 2.26. The van der Waals surface area contributed by atoms with Crippen molar-refractivity contribution in [3.63, 3.8) is 0 Å². The van der Waals surface area contributed by atoms with E-state index in [-0.39, 0.29) is 22.5 Å². The number of aromatic nitrogens is 2. The number of hydrogen-bond acceptors (Lipinski definition) is 3. The molecule has 0 N–H and O–H groups in total. The highest BCUT2D eigenvalue weighted by atomic mass is 35.5. The highest BCUT2D eigenvalue weighted by Crippen LogP contribution is 2.68. The number of halogens is 2. The van der Waals surface area contributed by atoms with Gasteiger partial charge in [0, 0.05) is 16.0 Å². The van der Waals surface area contributed by atoms with Crippen molar-refractivity contribution in [3.8, 4) is 5.69 Å². The molecule has 31 heavy (non-hydrogen) atoms. The van der Waals surface area contributed by atoms with Gasteiger partial charge in [-0.2, -0.15) is 5.10 Å². The van der Waals surface area contributed by atoms with Crippen LogP contribution in [0.5, 0.6) is 0 Å². The number of nitrogens with zero attached hydrogens (tertiary/aromatic N) is 2. The monoisotopic (exact) mass is 454 g/mol. The molecule has 4 nitrogen and oxygen atoms in total. The summed E-state index contributed by atoms with van der Waals surface area (Å²) >= 11 is 12.1. The Balaban J connectivity index is 1.53. The zero-order valence-electron chi connectivity index (χ0n) is 17.8. The summed E-state index contributed by atoms with van der Waals surface area (Å²) in [5.41, 5.74) is 4.82. The molecule has 2 aromatic carbocycles. The minimum absolute atomic E-state index is 0.0254. The van der Waals surface area contributed by atoms with Gasteiger partial charge in [-0.15, -0.1) is 0 Å². The number of para-hydroxylation sites is 1. The number of carbonyl (C=O) groups is 1. The second-order valence-electron chi connectivity index (χ2n) is 9.30. The smallest absolute Gasteiger partial charge is 0.340 e. The molecule has 2 bridgehead atoms. The van der Waals surface area contributed by atoms with Crippen LogP contribution in [-0.2, 0) is 16.8 Å². The summed E-state index contributed by atoms with van der Waals surface area (Å²) < 4.78 is 7.74. The predicted molar refractivity (Wildman–Crippen MR) is 122 cm³/mol. The Morgan fingerprint density at radius 2 is 1.90 bits per heavy atom. The average molecular weight is 455 g/mol. The maximum atomic E-state index is 12.7. The van der Waals surface area contributed by atoms with Crippen LogP contribution < -0.4 is 0 Å². The van der Waals surface area contributed by atoms with E-state index in [1.165, 1.54) is 11.3 Å². The lowest BCUT2D eigenvalue weighted by Crippen LogP contribution is -2.33. The van der Waals surface area contributed by atoms with Crippen LogP contribution in [0, 0.1) is 5.41 Å². The second-order valence-corrected chi connectivity index (χ2v) is 10.1. The Morgan fingerprint density at radius 3 is 2.61 bits per heavy atom. The molecule has 0 amide bonds. The number of hydrogen-bond donors (Lipinski definition) is 0. The third-order valence-electron chi connectivity index (χ3n) is 7.59. The zero-order valence-corrected chi connectivity index (χ0v) is 19.3. The van der Waals surface area contributed by atoms with Crippen molar-refractivity contribution in [2.75, 3.05) is 0 Å². The number of esters is 1. The van der Waals surface area contributed by atoms with Crippen LogP contribution in [0.3, 0.4) is 0 Å². The maximum absolute atomic E-state index is 12.7. The van der Waals surface area contributed by atoms with E-state index in [2.05, 4.69) is 37.6 Å². The Labute approximate surface area is 192 Å². The van der Waals surface area contributed by atoms with Crippen LogP contribution in [-0.4, -0.2) is 15.7 Å². The van der Waals surface area contributed by atoms with E-state index in [0.717, 1.165) is 24.2 Å². The summed E-state index contributed by atoms with van der Waals surface area (Å²) in [4.78, 5) is 12.7. The van der Waals surface area contributed by atoms with E-state index in [9.17, 15) is 4.79 Å². The first kappa shape index (κ1) is 20.6. The third kappa shape index (κ3) is 2.95. The van der Waals surface area contributed by atoms with E-state index in [4.69, 9.17) is 33.0 Å². The fourth-order valence-corrected chi connectivity index (χ4v) is 6.02. The van der Waals surface area contributed by atoms with Crippen LogP contribution in [0.25, 0.3) is 5.69 Å². The van der Waals surface area contributed by atoms with Crippen LogP contribution in [0.2, 0.25) is 10.0 Å². The van der Waals surface area contributed by atoms with E-state index < -0.39 is 5.97 Å². The molecule has 2 aliphatic carbocycles. The molecular formula is C25H24Cl2N2O2. The summed E-state index contributed by atoms with van der Waals surface area (Å²) in [6, 6.07) is 14.9. The minimum atomic E-state index is -0.474. The van der Waals surface area contributed by atoms with Crippen LogP contribution in [0.4, 0.5) is 0 Å². The maximum Gasteiger partial charge on any atom is 0.340 e. The molecule has 0 aliphatic heterocycles. The van der Waals surface area contributed by atoms with Gasteiger partial charge in [0.2, 0.25) is 0 Å². The lowest BCUT2D eigenvalue weighted by Gasteiger charge is -2.35. The van der Waals surface area contributed by atoms with Crippen molar-refractivity contribution in [1.29, 1.82) is 0 Å². The summed E-state index contributed by atoms with van der Waals surface area (Å²) in [5, 5.41) is 5.70. The lowest BCUT2D eigenvalue weighted by atomic mass is 9.70. The molecule has 1 saturated carbocycles. The first-order chi connectivity index (χ1) is 14.7. The average Bonchev–Trinajstić information content (AvgIpc) is 3.28. The number of benzene rings is 2. The SMILES string of the molecule is CC1(C)[C@H]2CC[C@]1(C)c1c2c(COC(=O)c2ccc(Cl)cc2Cl)nn1-c1ccccc1. The van der Waals surface area contributed by atoms with Gasteiger partial charge in [-0.05, 0) is 54.5 Å². The van der Waals surface area contributed by atoms with E-state index in [1.54, 1.807) is 18.2 Å². The molecule has 0 spiro atoms. The molecule has 1 aromatic heterocycles. The fourth-order valence-electron chi connectivity index (χ4n) is 5.53. The second kappa shape index (κ2) is 7.11. The highest BCUT2D eigenvalue weighted by Gasteiger charge is 2.62. The molecular weight excluding hydrogens is 431 g/mol. The Kier molecular flexibility index (Phi) is 4.72. The van der Waals surface area contributed by atoms with Crippen molar-refractivity contribution >= 4 is 29.2 Å². The van der Waals surface area contributed by atoms with E-state index in [1.807, 2.05) is 18.2 Å². The molecule has 160 valence electrons. The zero-order chi connectivity index (χ0) is 22.0. The van der Waals surface area contributed by atoms with Crippen molar-refractivity contribution in [2.24, 2.45) is 5.41 Å². The van der Waals surface area contributed by atoms with Crippen molar-refractivity contribution in [3.05, 3.63) is 81.1 Å². The van der Waals surface area contributed by atoms with Gasteiger partial charge in [0.05, 0.1) is 22.0 Å². The number of ether oxygens (including phenoxy) is 1. The molecule has 6 heteroatoms. The van der Waals surface area contributed by atoms with Crippen LogP contribution in [0.15, 0.2) is 48.5 Å². The van der Waals surface area contributed by atoms with Crippen molar-refractivity contribution in [1.82, 2.24) is 9.78 Å². The van der Waals surface area contributed by atoms with Crippen LogP contribution >= 0.6 is 23.2 Å². The Hall–Kier alpha value is -2.30. The summed E-state index contributed by atoms with van der Waals surface area (Å²) in [5.74, 6) is -0.0731. The van der Waals surface area contributed by atoms with Gasteiger partial charge < -0.3 is 4.74 Å². The standard InChI is InChI=1S/C25H24Cl2N2O2/c1-24(2)18-11-12-25(24,3)22-21(18)20(28-29(22)16-7-5-4-6-8-16)14-31-23(30)17-10-9-15(26)13-19(17)27/h4-10,13,18H,11-12,14H2,1-3H3/t18-,25+/m0/s1. The van der Waals surface area contributed by atoms with E-state index >= 15 is 0 Å². The van der Waals surface area contributed by atoms with Gasteiger partial charge in [0.1, 0.15) is 12.3 Å². The van der Waals surface area contributed by atoms with Crippen molar-refractivity contribution < 1.29 is 9.53 Å². The van der Waals surface area contributed by atoms with Crippen molar-refractivity contribution in [2.45, 2.75) is 51.6 Å². The predicted octanol–water partition coefficient (Wildman–Crippen LogP) is 6.71. The highest BCUT2D eigenvalue weighted by molar-refractivity contribution is 6.36. The molecule has 2 aliphatic rings. The Bertz CT molecular complexity index is 1190. The van der Waals surface area contributed by atoms with Crippen LogP contribution in [0.1, 0.15) is 66.8 Å². The van der Waals surface area contributed by atoms with Gasteiger partial charge in [-0.25, -0.2) is 9.48 Å². The Morgan fingerprint density at radius 1 is 1.16 bits per heavy atom. The fraction of sp³-hybridized carbons (Fsp3) is 0.360. The molecule has 5 rings (SSSR count). The van der Waals surface area contributed by atoms with Gasteiger partial charge in [-0.1, -0.05) is 62.2 Å². The molecule has 0 radical (unpaired) electrons. The third-order valence-corrected chi connectivity index (χ3v) is 8.14. The number of carbonyl (C=O) groups excluding carboxylic acids is 1. The molecule has 3 aromatic rings.